The highest BCUT2D eigenvalue weighted by molar-refractivity contribution is 5.93. The van der Waals surface area contributed by atoms with Crippen LogP contribution in [0.25, 0.3) is 0 Å². The summed E-state index contributed by atoms with van der Waals surface area (Å²) in [7, 11) is 0. The van der Waals surface area contributed by atoms with Crippen LogP contribution in [0.15, 0.2) is 84.6 Å². The van der Waals surface area contributed by atoms with Crippen LogP contribution in [0.1, 0.15) is 55.5 Å². The molecule has 0 bridgehead atoms. The molecule has 8 nitrogen and oxygen atoms in total. The van der Waals surface area contributed by atoms with Gasteiger partial charge in [-0.3, -0.25) is 4.79 Å². The molecule has 1 aliphatic heterocycles. The van der Waals surface area contributed by atoms with Crippen LogP contribution in [0.3, 0.4) is 0 Å². The Morgan fingerprint density at radius 2 is 2.10 bits per heavy atom. The number of nitrogens with zero attached hydrogens (tertiary/aromatic N) is 1. The Labute approximate surface area is 247 Å². The average Bonchev–Trinajstić information content (AvgIpc) is 3.54. The van der Waals surface area contributed by atoms with Gasteiger partial charge in [0.25, 0.3) is 5.91 Å². The number of pyridine rings is 1. The standard InChI is InChI=1S/C34H40N4O4/c1-4-35-32(40)23-12-13-30(36-19-23)42-34-15-14-22(16-24(34)18-34)17-33(2,3)37-20-25(39)21-41-29-11-7-10-28-31(29)26-8-5-6-9-27(26)38-28/h5-16,19,24-27,37-39H,4,17-18,20-21H2,1-3H3,(H,35,40)/t24?,25-,26?,27?,34?/m0/s1. The molecule has 4 N–H and O–H groups in total. The summed E-state index contributed by atoms with van der Waals surface area (Å²) in [4.78, 5) is 16.3. The molecule has 1 amide bonds. The number of β-amino-alcohol motifs (C(OH)–C–C–N with tert-alkyl or cyclic N) is 1. The zero-order valence-electron chi connectivity index (χ0n) is 24.5. The van der Waals surface area contributed by atoms with Crippen molar-refractivity contribution in [1.82, 2.24) is 15.6 Å². The number of amides is 1. The number of aliphatic hydroxyl groups is 1. The fourth-order valence-corrected chi connectivity index (χ4v) is 6.09. The maximum atomic E-state index is 12.0. The lowest BCUT2D eigenvalue weighted by Gasteiger charge is -2.29. The van der Waals surface area contributed by atoms with Crippen molar-refractivity contribution >= 4 is 11.6 Å². The van der Waals surface area contributed by atoms with Gasteiger partial charge >= 0.3 is 0 Å². The second-order valence-corrected chi connectivity index (χ2v) is 12.3. The smallest absolute Gasteiger partial charge is 0.252 e. The van der Waals surface area contributed by atoms with Gasteiger partial charge in [0, 0.05) is 60.4 Å². The predicted octanol–water partition coefficient (Wildman–Crippen LogP) is 4.67. The number of anilines is 1. The third kappa shape index (κ3) is 6.01. The Morgan fingerprint density at radius 1 is 1.24 bits per heavy atom. The quantitative estimate of drug-likeness (QED) is 0.295. The highest BCUT2D eigenvalue weighted by Gasteiger charge is 2.55. The number of aromatic nitrogens is 1. The molecule has 1 aromatic heterocycles. The molecular weight excluding hydrogens is 528 g/mol. The van der Waals surface area contributed by atoms with Crippen molar-refractivity contribution in [1.29, 1.82) is 0 Å². The Kier molecular flexibility index (Phi) is 7.68. The van der Waals surface area contributed by atoms with E-state index < -0.39 is 6.10 Å². The molecule has 1 fully saturated rings. The summed E-state index contributed by atoms with van der Waals surface area (Å²) in [6.45, 7) is 7.42. The fourth-order valence-electron chi connectivity index (χ4n) is 6.09. The number of allylic oxidation sites excluding steroid dienone is 3. The molecule has 6 rings (SSSR count). The topological polar surface area (TPSA) is 105 Å². The van der Waals surface area contributed by atoms with E-state index in [2.05, 4.69) is 83.4 Å². The first-order chi connectivity index (χ1) is 20.2. The summed E-state index contributed by atoms with van der Waals surface area (Å²) < 4.78 is 12.4. The van der Waals surface area contributed by atoms with Gasteiger partial charge in [0.05, 0.1) is 11.6 Å². The van der Waals surface area contributed by atoms with Gasteiger partial charge in [-0.05, 0) is 57.0 Å². The van der Waals surface area contributed by atoms with E-state index in [1.165, 1.54) is 5.57 Å². The molecule has 3 aliphatic carbocycles. The van der Waals surface area contributed by atoms with Crippen molar-refractivity contribution in [2.75, 3.05) is 25.0 Å². The summed E-state index contributed by atoms with van der Waals surface area (Å²) >= 11 is 0. The number of ether oxygens (including phenoxy) is 2. The number of benzene rings is 1. The number of hydrogen-bond acceptors (Lipinski definition) is 7. The normalized spacial score (nSPS) is 25.4. The molecule has 5 atom stereocenters. The van der Waals surface area contributed by atoms with E-state index in [0.717, 1.165) is 29.8 Å². The van der Waals surface area contributed by atoms with Crippen LogP contribution in [-0.4, -0.2) is 59.0 Å². The van der Waals surface area contributed by atoms with Gasteiger partial charge in [0.15, 0.2) is 0 Å². The highest BCUT2D eigenvalue weighted by Crippen LogP contribution is 2.52. The molecule has 1 saturated carbocycles. The monoisotopic (exact) mass is 568 g/mol. The number of hydrogen-bond donors (Lipinski definition) is 4. The molecule has 0 saturated heterocycles. The summed E-state index contributed by atoms with van der Waals surface area (Å²) in [6, 6.07) is 9.81. The molecule has 42 heavy (non-hydrogen) atoms. The van der Waals surface area contributed by atoms with Crippen LogP contribution in [-0.2, 0) is 0 Å². The first-order valence-corrected chi connectivity index (χ1v) is 14.9. The summed E-state index contributed by atoms with van der Waals surface area (Å²) in [6.07, 6.45) is 17.7. The lowest BCUT2D eigenvalue weighted by atomic mass is 9.91. The lowest BCUT2D eigenvalue weighted by Crippen LogP contribution is -2.45. The molecule has 4 unspecified atom stereocenters. The van der Waals surface area contributed by atoms with Crippen LogP contribution >= 0.6 is 0 Å². The molecule has 0 spiro atoms. The molecule has 0 radical (unpaired) electrons. The van der Waals surface area contributed by atoms with E-state index in [9.17, 15) is 9.90 Å². The van der Waals surface area contributed by atoms with Crippen molar-refractivity contribution in [2.45, 2.75) is 62.8 Å². The van der Waals surface area contributed by atoms with E-state index in [-0.39, 0.29) is 35.6 Å². The summed E-state index contributed by atoms with van der Waals surface area (Å²) in [5.74, 6) is 1.76. The maximum absolute atomic E-state index is 12.0. The van der Waals surface area contributed by atoms with Crippen LogP contribution in [0.5, 0.6) is 11.6 Å². The van der Waals surface area contributed by atoms with Crippen molar-refractivity contribution in [2.24, 2.45) is 5.92 Å². The van der Waals surface area contributed by atoms with Crippen LogP contribution in [0.4, 0.5) is 5.69 Å². The van der Waals surface area contributed by atoms with Crippen LogP contribution in [0, 0.1) is 5.92 Å². The number of carbonyl (C=O) groups excluding carboxylic acids is 1. The van der Waals surface area contributed by atoms with Gasteiger partial charge in [-0.25, -0.2) is 4.98 Å². The SMILES string of the molecule is CCNC(=O)c1ccc(OC23C=CC(CC(C)(C)NC[C@H](O)COc4cccc5c4C4C=CC=CC4N5)=CC2C3)nc1. The third-order valence-corrected chi connectivity index (χ3v) is 8.38. The van der Waals surface area contributed by atoms with E-state index in [1.54, 1.807) is 18.3 Å². The van der Waals surface area contributed by atoms with Gasteiger partial charge in [-0.1, -0.05) is 42.5 Å². The minimum absolute atomic E-state index is 0.134. The lowest BCUT2D eigenvalue weighted by molar-refractivity contribution is 0.0955. The molecule has 220 valence electrons. The summed E-state index contributed by atoms with van der Waals surface area (Å²) in [5.41, 5.74) is 3.45. The van der Waals surface area contributed by atoms with E-state index in [0.29, 0.717) is 30.5 Å². The van der Waals surface area contributed by atoms with Crippen molar-refractivity contribution in [3.05, 3.63) is 95.8 Å². The van der Waals surface area contributed by atoms with Crippen molar-refractivity contribution in [3.8, 4) is 11.6 Å². The molecule has 8 heteroatoms. The fraction of sp³-hybridized carbons (Fsp3) is 0.412. The third-order valence-electron chi connectivity index (χ3n) is 8.38. The predicted molar refractivity (Wildman–Crippen MR) is 164 cm³/mol. The zero-order chi connectivity index (χ0) is 29.3. The summed E-state index contributed by atoms with van der Waals surface area (Å²) in [5, 5.41) is 20.6. The van der Waals surface area contributed by atoms with Crippen molar-refractivity contribution in [3.63, 3.8) is 0 Å². The van der Waals surface area contributed by atoms with Crippen LogP contribution < -0.4 is 25.4 Å². The van der Waals surface area contributed by atoms with E-state index >= 15 is 0 Å². The van der Waals surface area contributed by atoms with Gasteiger partial charge in [-0.2, -0.15) is 0 Å². The van der Waals surface area contributed by atoms with Gasteiger partial charge in [0.2, 0.25) is 5.88 Å². The second kappa shape index (κ2) is 11.4. The zero-order valence-corrected chi connectivity index (χ0v) is 24.5. The van der Waals surface area contributed by atoms with Crippen LogP contribution in [0.2, 0.25) is 0 Å². The largest absolute Gasteiger partial charge is 0.490 e. The number of rotatable bonds is 12. The van der Waals surface area contributed by atoms with Gasteiger partial charge < -0.3 is 30.5 Å². The minimum atomic E-state index is -0.639. The molecule has 2 heterocycles. The maximum Gasteiger partial charge on any atom is 0.252 e. The Balaban J connectivity index is 0.973. The number of aliphatic hydroxyl groups excluding tert-OH is 1. The Hall–Kier alpha value is -3.88. The average molecular weight is 569 g/mol. The van der Waals surface area contributed by atoms with E-state index in [1.807, 2.05) is 19.1 Å². The van der Waals surface area contributed by atoms with Gasteiger partial charge in [-0.15, -0.1) is 0 Å². The minimum Gasteiger partial charge on any atom is -0.490 e. The first-order valence-electron chi connectivity index (χ1n) is 14.9. The van der Waals surface area contributed by atoms with E-state index in [4.69, 9.17) is 9.47 Å². The number of fused-ring (bicyclic) bond motifs is 4. The highest BCUT2D eigenvalue weighted by atomic mass is 16.5. The molecule has 2 aromatic rings. The van der Waals surface area contributed by atoms with Gasteiger partial charge in [0.1, 0.15) is 24.1 Å². The Morgan fingerprint density at radius 3 is 2.88 bits per heavy atom. The number of carbonyl (C=O) groups is 1. The second-order valence-electron chi connectivity index (χ2n) is 12.3. The number of nitrogens with one attached hydrogen (secondary N) is 3. The molecular formula is C34H40N4O4. The molecule has 4 aliphatic rings. The van der Waals surface area contributed by atoms with Crippen molar-refractivity contribution < 1.29 is 19.4 Å². The Bertz CT molecular complexity index is 1440. The first kappa shape index (κ1) is 28.2. The molecule has 1 aromatic carbocycles.